The normalized spacial score (nSPS) is 17.6. The molecule has 3 aromatic rings. The number of carbonyl (C=O) groups excluding carboxylic acids is 1. The average molecular weight is 519 g/mol. The number of amides is 2. The third-order valence-electron chi connectivity index (χ3n) is 7.33. The molecule has 1 aliphatic carbocycles. The van der Waals surface area contributed by atoms with Crippen LogP contribution in [-0.2, 0) is 10.3 Å². The zero-order valence-electron chi connectivity index (χ0n) is 22.1. The van der Waals surface area contributed by atoms with E-state index in [1.165, 1.54) is 11.0 Å². The van der Waals surface area contributed by atoms with Crippen LogP contribution in [0.2, 0.25) is 0 Å². The molecule has 0 spiro atoms. The molecule has 2 amide bonds. The number of hydrogen-bond acceptors (Lipinski definition) is 4. The molecule has 4 rings (SSSR count). The topological polar surface area (TPSA) is 109 Å². The molecule has 2 aromatic carbocycles. The Balaban J connectivity index is 1.52. The summed E-state index contributed by atoms with van der Waals surface area (Å²) in [5, 5.41) is 12.2. The second-order valence-corrected chi connectivity index (χ2v) is 10.7. The van der Waals surface area contributed by atoms with E-state index in [-0.39, 0.29) is 17.9 Å². The zero-order valence-corrected chi connectivity index (χ0v) is 22.1. The Labute approximate surface area is 222 Å². The number of hydrogen-bond donors (Lipinski definition) is 3. The first-order valence-corrected chi connectivity index (χ1v) is 12.9. The van der Waals surface area contributed by atoms with Gasteiger partial charge in [-0.1, -0.05) is 42.5 Å². The molecule has 1 aliphatic rings. The summed E-state index contributed by atoms with van der Waals surface area (Å²) in [5.74, 6) is -0.283. The van der Waals surface area contributed by atoms with Crippen LogP contribution >= 0.6 is 0 Å². The minimum atomic E-state index is -0.918. The van der Waals surface area contributed by atoms with Gasteiger partial charge in [0.15, 0.2) is 0 Å². The minimum absolute atomic E-state index is 0.00631. The smallest absolute Gasteiger partial charge is 0.407 e. The van der Waals surface area contributed by atoms with Gasteiger partial charge in [0, 0.05) is 41.7 Å². The molecule has 1 aromatic heterocycles. The van der Waals surface area contributed by atoms with E-state index < -0.39 is 17.4 Å². The fourth-order valence-electron chi connectivity index (χ4n) is 5.15. The van der Waals surface area contributed by atoms with Gasteiger partial charge in [-0.05, 0) is 63.1 Å². The monoisotopic (exact) mass is 518 g/mol. The van der Waals surface area contributed by atoms with Gasteiger partial charge in [0.05, 0.1) is 17.6 Å². The van der Waals surface area contributed by atoms with Crippen LogP contribution in [0.3, 0.4) is 0 Å². The van der Waals surface area contributed by atoms with Crippen LogP contribution in [0.1, 0.15) is 51.5 Å². The van der Waals surface area contributed by atoms with Gasteiger partial charge >= 0.3 is 6.09 Å². The summed E-state index contributed by atoms with van der Waals surface area (Å²) >= 11 is 0. The number of nitrogens with zero attached hydrogens (tertiary/aromatic N) is 2. The molecule has 0 bridgehead atoms. The van der Waals surface area contributed by atoms with E-state index in [0.29, 0.717) is 28.9 Å². The number of benzene rings is 2. The summed E-state index contributed by atoms with van der Waals surface area (Å²) < 4.78 is 15.0. The molecule has 4 N–H and O–H groups in total. The number of rotatable bonds is 7. The molecule has 7 nitrogen and oxygen atoms in total. The van der Waals surface area contributed by atoms with E-state index in [1.807, 2.05) is 42.5 Å². The number of halogens is 1. The lowest BCUT2D eigenvalue weighted by Gasteiger charge is -2.32. The number of carbonyl (C=O) groups is 2. The number of pyridine rings is 1. The Hall–Kier alpha value is -3.78. The molecule has 1 heterocycles. The van der Waals surface area contributed by atoms with Crippen molar-refractivity contribution in [3.63, 3.8) is 0 Å². The van der Waals surface area contributed by atoms with Gasteiger partial charge in [0.2, 0.25) is 5.91 Å². The molecule has 0 saturated heterocycles. The lowest BCUT2D eigenvalue weighted by Crippen LogP contribution is -2.38. The molecule has 0 unspecified atom stereocenters. The number of nitrogens with one attached hydrogen (secondary N) is 1. The van der Waals surface area contributed by atoms with Crippen LogP contribution in [0, 0.1) is 11.7 Å². The van der Waals surface area contributed by atoms with Gasteiger partial charge in [-0.3, -0.25) is 9.78 Å². The van der Waals surface area contributed by atoms with Gasteiger partial charge in [0.25, 0.3) is 0 Å². The Morgan fingerprint density at radius 3 is 2.37 bits per heavy atom. The first-order valence-electron chi connectivity index (χ1n) is 12.9. The Bertz CT molecular complexity index is 1300. The second kappa shape index (κ2) is 11.3. The third-order valence-corrected chi connectivity index (χ3v) is 7.33. The summed E-state index contributed by atoms with van der Waals surface area (Å²) in [6, 6.07) is 16.5. The molecule has 0 atom stereocenters. The quantitative estimate of drug-likeness (QED) is 0.343. The maximum atomic E-state index is 15.0. The van der Waals surface area contributed by atoms with E-state index in [1.54, 1.807) is 33.2 Å². The molecule has 0 aliphatic heterocycles. The zero-order chi connectivity index (χ0) is 27.4. The van der Waals surface area contributed by atoms with Crippen molar-refractivity contribution in [1.82, 2.24) is 9.88 Å². The van der Waals surface area contributed by atoms with Gasteiger partial charge in [0.1, 0.15) is 5.82 Å². The molecule has 1 fully saturated rings. The Kier molecular flexibility index (Phi) is 8.11. The third kappa shape index (κ3) is 6.37. The van der Waals surface area contributed by atoms with Crippen molar-refractivity contribution in [2.75, 3.05) is 12.4 Å². The van der Waals surface area contributed by atoms with Crippen molar-refractivity contribution in [3.05, 3.63) is 72.2 Å². The summed E-state index contributed by atoms with van der Waals surface area (Å²) in [7, 11) is 1.60. The SMILES string of the molecule is CN(C(=O)O)C1CCC(CC(=O)Nc2cnc(-c3ccc(C(C)(C)N)c(F)c3)c(-c3ccccc3)c2)CC1. The van der Waals surface area contributed by atoms with Crippen LogP contribution in [0.4, 0.5) is 14.9 Å². The highest BCUT2D eigenvalue weighted by molar-refractivity contribution is 5.93. The highest BCUT2D eigenvalue weighted by Crippen LogP contribution is 2.35. The van der Waals surface area contributed by atoms with Crippen molar-refractivity contribution >= 4 is 17.7 Å². The van der Waals surface area contributed by atoms with Gasteiger partial charge in [-0.15, -0.1) is 0 Å². The van der Waals surface area contributed by atoms with Crippen molar-refractivity contribution in [2.24, 2.45) is 11.7 Å². The Morgan fingerprint density at radius 2 is 1.76 bits per heavy atom. The molecule has 1 saturated carbocycles. The molecule has 200 valence electrons. The van der Waals surface area contributed by atoms with Crippen molar-refractivity contribution in [3.8, 4) is 22.4 Å². The van der Waals surface area contributed by atoms with E-state index in [4.69, 9.17) is 5.73 Å². The summed E-state index contributed by atoms with van der Waals surface area (Å²) in [4.78, 5) is 30.1. The second-order valence-electron chi connectivity index (χ2n) is 10.7. The van der Waals surface area contributed by atoms with Crippen LogP contribution in [0.15, 0.2) is 60.8 Å². The van der Waals surface area contributed by atoms with Crippen LogP contribution < -0.4 is 11.1 Å². The van der Waals surface area contributed by atoms with E-state index in [0.717, 1.165) is 36.8 Å². The first-order chi connectivity index (χ1) is 18.0. The Morgan fingerprint density at radius 1 is 1.08 bits per heavy atom. The summed E-state index contributed by atoms with van der Waals surface area (Å²) in [5.41, 5.74) is 9.20. The number of nitrogens with two attached hydrogens (primary N) is 1. The lowest BCUT2D eigenvalue weighted by molar-refractivity contribution is -0.117. The average Bonchev–Trinajstić information content (AvgIpc) is 2.88. The maximum absolute atomic E-state index is 15.0. The molecular formula is C30H35FN4O3. The standard InChI is InChI=1S/C30H35FN4O3/c1-30(2,32)25-14-11-21(16-26(25)31)28-24(20-7-5-4-6-8-20)17-22(18-33-28)34-27(36)15-19-9-12-23(13-10-19)35(3)29(37)38/h4-8,11,14,16-19,23H,9-10,12-13,15,32H2,1-3H3,(H,34,36)(H,37,38). The van der Waals surface area contributed by atoms with Gasteiger partial charge in [-0.2, -0.15) is 0 Å². The fourth-order valence-corrected chi connectivity index (χ4v) is 5.15. The van der Waals surface area contributed by atoms with Crippen molar-refractivity contribution in [1.29, 1.82) is 0 Å². The number of aromatic nitrogens is 1. The highest BCUT2D eigenvalue weighted by Gasteiger charge is 2.27. The summed E-state index contributed by atoms with van der Waals surface area (Å²) in [6.07, 6.45) is 4.17. The van der Waals surface area contributed by atoms with E-state index in [9.17, 15) is 19.1 Å². The highest BCUT2D eigenvalue weighted by atomic mass is 19.1. The molecule has 0 radical (unpaired) electrons. The van der Waals surface area contributed by atoms with Crippen LogP contribution in [-0.4, -0.2) is 40.1 Å². The largest absolute Gasteiger partial charge is 0.465 e. The molecular weight excluding hydrogens is 483 g/mol. The van der Waals surface area contributed by atoms with Crippen LogP contribution in [0.25, 0.3) is 22.4 Å². The molecule has 38 heavy (non-hydrogen) atoms. The van der Waals surface area contributed by atoms with Crippen LogP contribution in [0.5, 0.6) is 0 Å². The predicted octanol–water partition coefficient (Wildman–Crippen LogP) is 6.25. The van der Waals surface area contributed by atoms with E-state index >= 15 is 0 Å². The molecule has 8 heteroatoms. The fraction of sp³-hybridized carbons (Fsp3) is 0.367. The minimum Gasteiger partial charge on any atom is -0.465 e. The maximum Gasteiger partial charge on any atom is 0.407 e. The lowest BCUT2D eigenvalue weighted by atomic mass is 9.83. The first kappa shape index (κ1) is 27.3. The summed E-state index contributed by atoms with van der Waals surface area (Å²) in [6.45, 7) is 3.52. The number of carboxylic acid groups (broad SMARTS) is 1. The van der Waals surface area contributed by atoms with Crippen molar-refractivity contribution in [2.45, 2.75) is 57.5 Å². The van der Waals surface area contributed by atoms with Crippen molar-refractivity contribution < 1.29 is 19.1 Å². The van der Waals surface area contributed by atoms with E-state index in [2.05, 4.69) is 10.3 Å². The van der Waals surface area contributed by atoms with Gasteiger partial charge in [-0.25, -0.2) is 9.18 Å². The predicted molar refractivity (Wildman–Crippen MR) is 147 cm³/mol. The van der Waals surface area contributed by atoms with Gasteiger partial charge < -0.3 is 21.1 Å². The number of anilines is 1.